The van der Waals surface area contributed by atoms with Gasteiger partial charge in [-0.3, -0.25) is 4.79 Å². The number of nitrogens with one attached hydrogen (secondary N) is 1. The molecule has 3 heteroatoms. The molecule has 2 nitrogen and oxygen atoms in total. The first-order valence-corrected chi connectivity index (χ1v) is 4.76. The third-order valence-electron chi connectivity index (χ3n) is 1.68. The summed E-state index contributed by atoms with van der Waals surface area (Å²) in [6.45, 7) is 3.55. The van der Waals surface area contributed by atoms with Gasteiger partial charge in [0.25, 0.3) is 0 Å². The number of benzene rings is 1. The molecule has 0 aliphatic heterocycles. The molecule has 0 radical (unpaired) electrons. The van der Waals surface area contributed by atoms with Gasteiger partial charge in [-0.25, -0.2) is 0 Å². The molecule has 0 aromatic heterocycles. The summed E-state index contributed by atoms with van der Waals surface area (Å²) in [7, 11) is 0. The minimum atomic E-state index is -0.0211. The van der Waals surface area contributed by atoms with Gasteiger partial charge in [-0.15, -0.1) is 6.58 Å². The van der Waals surface area contributed by atoms with E-state index in [1.807, 2.05) is 0 Å². The fourth-order valence-electron chi connectivity index (χ4n) is 1.02. The number of hydrogen-bond acceptors (Lipinski definition) is 1. The molecule has 1 aromatic rings. The van der Waals surface area contributed by atoms with Crippen LogP contribution >= 0.6 is 11.6 Å². The van der Waals surface area contributed by atoms with Gasteiger partial charge < -0.3 is 5.32 Å². The Bertz CT molecular complexity index is 336. The van der Waals surface area contributed by atoms with Crippen molar-refractivity contribution in [3.63, 3.8) is 0 Å². The first-order chi connectivity index (χ1) is 6.72. The monoisotopic (exact) mass is 209 g/mol. The highest BCUT2D eigenvalue weighted by Crippen LogP contribution is 2.15. The van der Waals surface area contributed by atoms with E-state index in [4.69, 9.17) is 11.6 Å². The van der Waals surface area contributed by atoms with Crippen LogP contribution in [0.1, 0.15) is 12.8 Å². The van der Waals surface area contributed by atoms with E-state index in [2.05, 4.69) is 11.9 Å². The molecule has 1 rings (SSSR count). The van der Waals surface area contributed by atoms with Crippen molar-refractivity contribution >= 4 is 23.2 Å². The van der Waals surface area contributed by atoms with Crippen molar-refractivity contribution in [1.82, 2.24) is 0 Å². The topological polar surface area (TPSA) is 29.1 Å². The van der Waals surface area contributed by atoms with E-state index in [9.17, 15) is 4.79 Å². The molecule has 0 heterocycles. The molecule has 0 aliphatic rings. The van der Waals surface area contributed by atoms with Crippen LogP contribution in [-0.2, 0) is 4.79 Å². The number of hydrogen-bond donors (Lipinski definition) is 1. The van der Waals surface area contributed by atoms with Crippen molar-refractivity contribution in [1.29, 1.82) is 0 Å². The van der Waals surface area contributed by atoms with Crippen molar-refractivity contribution in [3.8, 4) is 0 Å². The number of halogens is 1. The van der Waals surface area contributed by atoms with Crippen molar-refractivity contribution in [2.45, 2.75) is 12.8 Å². The Labute approximate surface area is 88.6 Å². The quantitative estimate of drug-likeness (QED) is 0.758. The minimum Gasteiger partial charge on any atom is -0.326 e. The van der Waals surface area contributed by atoms with Gasteiger partial charge >= 0.3 is 0 Å². The average molecular weight is 210 g/mol. The number of allylic oxidation sites excluding steroid dienone is 1. The Morgan fingerprint density at radius 1 is 1.57 bits per heavy atom. The van der Waals surface area contributed by atoms with Crippen LogP contribution in [0.2, 0.25) is 5.02 Å². The number of carbonyl (C=O) groups excluding carboxylic acids is 1. The third-order valence-corrected chi connectivity index (χ3v) is 1.92. The van der Waals surface area contributed by atoms with Gasteiger partial charge in [-0.05, 0) is 24.6 Å². The van der Waals surface area contributed by atoms with Crippen LogP contribution in [0.15, 0.2) is 36.9 Å². The van der Waals surface area contributed by atoms with Crippen LogP contribution in [0.5, 0.6) is 0 Å². The summed E-state index contributed by atoms with van der Waals surface area (Å²) < 4.78 is 0. The molecule has 1 amide bonds. The highest BCUT2D eigenvalue weighted by molar-refractivity contribution is 6.30. The van der Waals surface area contributed by atoms with Crippen molar-refractivity contribution in [2.24, 2.45) is 0 Å². The number of carbonyl (C=O) groups is 1. The number of anilines is 1. The smallest absolute Gasteiger partial charge is 0.224 e. The van der Waals surface area contributed by atoms with E-state index in [1.54, 1.807) is 30.3 Å². The second kappa shape index (κ2) is 5.45. The fraction of sp³-hybridized carbons (Fsp3) is 0.182. The Morgan fingerprint density at radius 2 is 2.36 bits per heavy atom. The molecule has 0 saturated heterocycles. The van der Waals surface area contributed by atoms with E-state index < -0.39 is 0 Å². The van der Waals surface area contributed by atoms with Crippen LogP contribution < -0.4 is 5.32 Å². The standard InChI is InChI=1S/C11H12ClNO/c1-2-3-7-11(14)13-10-6-4-5-9(12)8-10/h2,4-6,8H,1,3,7H2,(H,13,14). The first-order valence-electron chi connectivity index (χ1n) is 4.38. The van der Waals surface area contributed by atoms with Crippen molar-refractivity contribution in [2.75, 3.05) is 5.32 Å². The molecule has 0 saturated carbocycles. The maximum atomic E-state index is 11.3. The second-order valence-corrected chi connectivity index (χ2v) is 3.32. The summed E-state index contributed by atoms with van der Waals surface area (Å²) in [6.07, 6.45) is 2.86. The summed E-state index contributed by atoms with van der Waals surface area (Å²) in [5.74, 6) is -0.0211. The molecule has 0 spiro atoms. The van der Waals surface area contributed by atoms with Crippen molar-refractivity contribution < 1.29 is 4.79 Å². The zero-order valence-electron chi connectivity index (χ0n) is 7.79. The molecule has 1 N–H and O–H groups in total. The van der Waals surface area contributed by atoms with E-state index >= 15 is 0 Å². The van der Waals surface area contributed by atoms with Gasteiger partial charge in [-0.2, -0.15) is 0 Å². The molecular formula is C11H12ClNO. The lowest BCUT2D eigenvalue weighted by Gasteiger charge is -2.03. The molecular weight excluding hydrogens is 198 g/mol. The van der Waals surface area contributed by atoms with E-state index in [0.717, 1.165) is 5.69 Å². The van der Waals surface area contributed by atoms with Gasteiger partial charge in [0.2, 0.25) is 5.91 Å². The lowest BCUT2D eigenvalue weighted by Crippen LogP contribution is -2.10. The first kappa shape index (κ1) is 10.8. The van der Waals surface area contributed by atoms with E-state index in [-0.39, 0.29) is 5.91 Å². The predicted octanol–water partition coefficient (Wildman–Crippen LogP) is 3.24. The highest BCUT2D eigenvalue weighted by Gasteiger charge is 2.00. The maximum absolute atomic E-state index is 11.3. The lowest BCUT2D eigenvalue weighted by atomic mass is 10.2. The van der Waals surface area contributed by atoms with Crippen LogP contribution in [0.25, 0.3) is 0 Å². The molecule has 0 bridgehead atoms. The van der Waals surface area contributed by atoms with Gasteiger partial charge in [0.05, 0.1) is 0 Å². The largest absolute Gasteiger partial charge is 0.326 e. The van der Waals surface area contributed by atoms with E-state index in [1.165, 1.54) is 0 Å². The Hall–Kier alpha value is -1.28. The highest BCUT2D eigenvalue weighted by atomic mass is 35.5. The maximum Gasteiger partial charge on any atom is 0.224 e. The summed E-state index contributed by atoms with van der Waals surface area (Å²) in [4.78, 5) is 11.3. The lowest BCUT2D eigenvalue weighted by molar-refractivity contribution is -0.116. The SMILES string of the molecule is C=CCCC(=O)Nc1cccc(Cl)c1. The Balaban J connectivity index is 2.51. The fourth-order valence-corrected chi connectivity index (χ4v) is 1.21. The zero-order valence-corrected chi connectivity index (χ0v) is 8.55. The van der Waals surface area contributed by atoms with Crippen LogP contribution in [0.4, 0.5) is 5.69 Å². The van der Waals surface area contributed by atoms with Gasteiger partial charge in [0, 0.05) is 17.1 Å². The second-order valence-electron chi connectivity index (χ2n) is 2.89. The van der Waals surface area contributed by atoms with Crippen molar-refractivity contribution in [3.05, 3.63) is 41.9 Å². The third kappa shape index (κ3) is 3.62. The number of rotatable bonds is 4. The summed E-state index contributed by atoms with van der Waals surface area (Å²) in [5.41, 5.74) is 0.728. The molecule has 0 fully saturated rings. The summed E-state index contributed by atoms with van der Waals surface area (Å²) in [5, 5.41) is 3.36. The summed E-state index contributed by atoms with van der Waals surface area (Å²) >= 11 is 5.77. The van der Waals surface area contributed by atoms with Crippen LogP contribution in [0.3, 0.4) is 0 Å². The van der Waals surface area contributed by atoms with Crippen LogP contribution in [-0.4, -0.2) is 5.91 Å². The summed E-state index contributed by atoms with van der Waals surface area (Å²) in [6, 6.07) is 7.08. The number of amides is 1. The Kier molecular flexibility index (Phi) is 4.20. The normalized spacial score (nSPS) is 9.50. The molecule has 1 aromatic carbocycles. The Morgan fingerprint density at radius 3 is 3.00 bits per heavy atom. The minimum absolute atomic E-state index is 0.0211. The molecule has 0 unspecified atom stereocenters. The predicted molar refractivity (Wildman–Crippen MR) is 59.5 cm³/mol. The van der Waals surface area contributed by atoms with Gasteiger partial charge in [0.1, 0.15) is 0 Å². The van der Waals surface area contributed by atoms with Gasteiger partial charge in [-0.1, -0.05) is 23.7 Å². The van der Waals surface area contributed by atoms with E-state index in [0.29, 0.717) is 17.9 Å². The molecule has 0 aliphatic carbocycles. The molecule has 14 heavy (non-hydrogen) atoms. The average Bonchev–Trinajstić information content (AvgIpc) is 2.15. The molecule has 74 valence electrons. The molecule has 0 atom stereocenters. The van der Waals surface area contributed by atoms with Crippen LogP contribution in [0, 0.1) is 0 Å². The zero-order chi connectivity index (χ0) is 10.4. The van der Waals surface area contributed by atoms with Gasteiger partial charge in [0.15, 0.2) is 0 Å².